The van der Waals surface area contributed by atoms with E-state index in [9.17, 15) is 0 Å². The van der Waals surface area contributed by atoms with Crippen LogP contribution in [0.5, 0.6) is 0 Å². The Balaban J connectivity index is 2.27. The second-order valence-electron chi connectivity index (χ2n) is 3.87. The van der Waals surface area contributed by atoms with Crippen LogP contribution in [0.2, 0.25) is 5.15 Å². The molecule has 1 aliphatic rings. The molecule has 5 heteroatoms. The molecule has 2 heterocycles. The molecule has 0 bridgehead atoms. The van der Waals surface area contributed by atoms with Crippen LogP contribution in [0.3, 0.4) is 0 Å². The Bertz CT molecular complexity index is 348. The van der Waals surface area contributed by atoms with Crippen LogP contribution in [0.4, 0.5) is 0 Å². The third-order valence-corrected chi connectivity index (χ3v) is 4.08. The molecule has 0 saturated heterocycles. The number of fused-ring (bicyclic) bond motifs is 1. The molecule has 3 nitrogen and oxygen atoms in total. The van der Waals surface area contributed by atoms with E-state index in [4.69, 9.17) is 11.6 Å². The number of halogens is 2. The smallest absolute Gasteiger partial charge is 0.161 e. The highest BCUT2D eigenvalue weighted by atomic mass is 79.9. The summed E-state index contributed by atoms with van der Waals surface area (Å²) < 4.78 is 3.08. The molecule has 1 aliphatic heterocycles. The Morgan fingerprint density at radius 3 is 2.93 bits per heavy atom. The van der Waals surface area contributed by atoms with Crippen molar-refractivity contribution in [3.63, 3.8) is 0 Å². The molecule has 0 radical (unpaired) electrons. The van der Waals surface area contributed by atoms with E-state index >= 15 is 0 Å². The van der Waals surface area contributed by atoms with Crippen molar-refractivity contribution in [3.8, 4) is 0 Å². The summed E-state index contributed by atoms with van der Waals surface area (Å²) in [7, 11) is 4.22. The predicted molar refractivity (Wildman–Crippen MR) is 60.7 cm³/mol. The van der Waals surface area contributed by atoms with Crippen LogP contribution in [0.1, 0.15) is 12.2 Å². The van der Waals surface area contributed by atoms with Crippen molar-refractivity contribution in [2.45, 2.75) is 25.4 Å². The Morgan fingerprint density at radius 2 is 2.29 bits per heavy atom. The van der Waals surface area contributed by atoms with Gasteiger partial charge < -0.3 is 9.47 Å². The summed E-state index contributed by atoms with van der Waals surface area (Å²) in [4.78, 5) is 6.59. The van der Waals surface area contributed by atoms with E-state index in [1.54, 1.807) is 0 Å². The lowest BCUT2D eigenvalue weighted by Crippen LogP contribution is -2.35. The molecule has 0 N–H and O–H groups in total. The fraction of sp³-hybridized carbons (Fsp3) is 0.667. The normalized spacial score (nSPS) is 21.4. The number of hydrogen-bond acceptors (Lipinski definition) is 2. The highest BCUT2D eigenvalue weighted by Gasteiger charge is 2.24. The summed E-state index contributed by atoms with van der Waals surface area (Å²) in [6.07, 6.45) is 2.14. The standard InChI is InChI=1S/C9H13BrClN3/c1-13(2)6-3-4-14-7(5-6)12-9(11)8(14)10/h6H,3-5H2,1-2H3. The molecule has 0 fully saturated rings. The monoisotopic (exact) mass is 277 g/mol. The average molecular weight is 279 g/mol. The van der Waals surface area contributed by atoms with Gasteiger partial charge in [-0.05, 0) is 36.4 Å². The Morgan fingerprint density at radius 1 is 1.57 bits per heavy atom. The lowest BCUT2D eigenvalue weighted by Gasteiger charge is -2.28. The lowest BCUT2D eigenvalue weighted by atomic mass is 10.1. The minimum absolute atomic E-state index is 0.583. The van der Waals surface area contributed by atoms with E-state index in [-0.39, 0.29) is 0 Å². The summed E-state index contributed by atoms with van der Waals surface area (Å²) in [6, 6.07) is 0.591. The third kappa shape index (κ3) is 1.71. The SMILES string of the molecule is CN(C)C1CCn2c(nc(Cl)c2Br)C1. The highest BCUT2D eigenvalue weighted by molar-refractivity contribution is 9.10. The maximum absolute atomic E-state index is 5.95. The lowest BCUT2D eigenvalue weighted by molar-refractivity contribution is 0.242. The molecular weight excluding hydrogens is 265 g/mol. The second kappa shape index (κ2) is 3.83. The van der Waals surface area contributed by atoms with Gasteiger partial charge in [-0.25, -0.2) is 4.98 Å². The van der Waals surface area contributed by atoms with Gasteiger partial charge in [-0.1, -0.05) is 11.6 Å². The molecule has 0 aliphatic carbocycles. The minimum atomic E-state index is 0.583. The summed E-state index contributed by atoms with van der Waals surface area (Å²) in [5.74, 6) is 1.09. The Hall–Kier alpha value is -0.0600. The van der Waals surface area contributed by atoms with Crippen LogP contribution in [0.15, 0.2) is 4.60 Å². The highest BCUT2D eigenvalue weighted by Crippen LogP contribution is 2.28. The maximum Gasteiger partial charge on any atom is 0.161 e. The molecule has 0 saturated carbocycles. The largest absolute Gasteiger partial charge is 0.321 e. The van der Waals surface area contributed by atoms with Crippen molar-refractivity contribution < 1.29 is 0 Å². The van der Waals surface area contributed by atoms with Gasteiger partial charge in [-0.2, -0.15) is 0 Å². The zero-order chi connectivity index (χ0) is 10.3. The molecule has 0 amide bonds. The van der Waals surface area contributed by atoms with Crippen molar-refractivity contribution in [1.29, 1.82) is 0 Å². The topological polar surface area (TPSA) is 21.1 Å². The molecule has 2 rings (SSSR count). The Labute approximate surface area is 97.2 Å². The fourth-order valence-electron chi connectivity index (χ4n) is 1.86. The van der Waals surface area contributed by atoms with Gasteiger partial charge in [0.15, 0.2) is 5.15 Å². The van der Waals surface area contributed by atoms with E-state index in [0.717, 1.165) is 29.8 Å². The number of rotatable bonds is 1. The Kier molecular flexibility index (Phi) is 2.86. The van der Waals surface area contributed by atoms with Crippen LogP contribution < -0.4 is 0 Å². The van der Waals surface area contributed by atoms with Crippen LogP contribution in [0.25, 0.3) is 0 Å². The average Bonchev–Trinajstić information content (AvgIpc) is 2.42. The summed E-state index contributed by atoms with van der Waals surface area (Å²) >= 11 is 9.40. The molecule has 0 aromatic carbocycles. The van der Waals surface area contributed by atoms with Gasteiger partial charge in [0.1, 0.15) is 10.4 Å². The van der Waals surface area contributed by atoms with E-state index in [1.165, 1.54) is 0 Å². The van der Waals surface area contributed by atoms with Crippen molar-refractivity contribution in [1.82, 2.24) is 14.5 Å². The predicted octanol–water partition coefficient (Wildman–Crippen LogP) is 2.18. The van der Waals surface area contributed by atoms with Gasteiger partial charge >= 0.3 is 0 Å². The fourth-order valence-corrected chi connectivity index (χ4v) is 2.53. The van der Waals surface area contributed by atoms with Crippen molar-refractivity contribution in [3.05, 3.63) is 15.6 Å². The number of imidazole rings is 1. The van der Waals surface area contributed by atoms with Crippen LogP contribution in [-0.4, -0.2) is 34.6 Å². The molecule has 78 valence electrons. The first-order valence-electron chi connectivity index (χ1n) is 4.66. The molecular formula is C9H13BrClN3. The van der Waals surface area contributed by atoms with Gasteiger partial charge in [-0.15, -0.1) is 0 Å². The van der Waals surface area contributed by atoms with Gasteiger partial charge in [0.25, 0.3) is 0 Å². The maximum atomic E-state index is 5.95. The first-order valence-corrected chi connectivity index (χ1v) is 5.83. The van der Waals surface area contributed by atoms with Gasteiger partial charge in [0.2, 0.25) is 0 Å². The molecule has 1 aromatic rings. The van der Waals surface area contributed by atoms with E-state index in [1.807, 2.05) is 0 Å². The molecule has 1 aromatic heterocycles. The van der Waals surface area contributed by atoms with E-state index in [0.29, 0.717) is 11.2 Å². The molecule has 0 spiro atoms. The van der Waals surface area contributed by atoms with Gasteiger partial charge in [-0.3, -0.25) is 0 Å². The zero-order valence-corrected chi connectivity index (χ0v) is 10.6. The minimum Gasteiger partial charge on any atom is -0.321 e. The summed E-state index contributed by atoms with van der Waals surface area (Å²) in [6.45, 7) is 0.998. The van der Waals surface area contributed by atoms with Gasteiger partial charge in [0, 0.05) is 19.0 Å². The number of aromatic nitrogens is 2. The molecule has 1 unspecified atom stereocenters. The first-order chi connectivity index (χ1) is 6.59. The van der Waals surface area contributed by atoms with E-state index < -0.39 is 0 Å². The second-order valence-corrected chi connectivity index (χ2v) is 4.98. The first kappa shape index (κ1) is 10.5. The van der Waals surface area contributed by atoms with Crippen LogP contribution in [-0.2, 0) is 13.0 Å². The van der Waals surface area contributed by atoms with Crippen LogP contribution in [0, 0.1) is 0 Å². The van der Waals surface area contributed by atoms with Crippen molar-refractivity contribution in [2.24, 2.45) is 0 Å². The number of likely N-dealkylation sites (N-methyl/N-ethyl adjacent to an activating group) is 1. The molecule has 1 atom stereocenters. The quantitative estimate of drug-likeness (QED) is 0.785. The van der Waals surface area contributed by atoms with Crippen molar-refractivity contribution >= 4 is 27.5 Å². The number of nitrogens with zero attached hydrogens (tertiary/aromatic N) is 3. The molecule has 14 heavy (non-hydrogen) atoms. The summed E-state index contributed by atoms with van der Waals surface area (Å²) in [5.41, 5.74) is 0. The number of hydrogen-bond donors (Lipinski definition) is 0. The van der Waals surface area contributed by atoms with E-state index in [2.05, 4.69) is 44.5 Å². The third-order valence-electron chi connectivity index (χ3n) is 2.78. The van der Waals surface area contributed by atoms with Crippen LogP contribution >= 0.6 is 27.5 Å². The summed E-state index contributed by atoms with van der Waals surface area (Å²) in [5, 5.41) is 0.583. The van der Waals surface area contributed by atoms with Gasteiger partial charge in [0.05, 0.1) is 0 Å². The van der Waals surface area contributed by atoms with Crippen molar-refractivity contribution in [2.75, 3.05) is 14.1 Å². The zero-order valence-electron chi connectivity index (χ0n) is 8.30.